The highest BCUT2D eigenvalue weighted by atomic mass is 32.1. The van der Waals surface area contributed by atoms with Gasteiger partial charge in [0.2, 0.25) is 0 Å². The largest absolute Gasteiger partial charge is 0.377 e. The summed E-state index contributed by atoms with van der Waals surface area (Å²) in [4.78, 5) is 13.8. The van der Waals surface area contributed by atoms with Gasteiger partial charge >= 0.3 is 0 Å². The van der Waals surface area contributed by atoms with Gasteiger partial charge in [0.05, 0.1) is 22.3 Å². The van der Waals surface area contributed by atoms with Crippen LogP contribution in [0.5, 0.6) is 0 Å². The number of nitrogens with zero attached hydrogens (tertiary/aromatic N) is 4. The van der Waals surface area contributed by atoms with Gasteiger partial charge in [-0.3, -0.25) is 9.89 Å². The molecule has 2 N–H and O–H groups in total. The van der Waals surface area contributed by atoms with E-state index in [9.17, 15) is 4.79 Å². The summed E-state index contributed by atoms with van der Waals surface area (Å²) in [5, 5.41) is 20.6. The van der Waals surface area contributed by atoms with E-state index in [1.807, 2.05) is 17.5 Å². The minimum absolute atomic E-state index is 0.0886. The summed E-state index contributed by atoms with van der Waals surface area (Å²) in [5.41, 5.74) is 1.35. The maximum absolute atomic E-state index is 12.8. The second-order valence-electron chi connectivity index (χ2n) is 6.25. The van der Waals surface area contributed by atoms with Gasteiger partial charge in [0.1, 0.15) is 12.4 Å². The van der Waals surface area contributed by atoms with Crippen molar-refractivity contribution in [1.82, 2.24) is 30.3 Å². The van der Waals surface area contributed by atoms with E-state index in [-0.39, 0.29) is 11.9 Å². The highest BCUT2D eigenvalue weighted by Gasteiger charge is 2.23. The molecule has 1 amide bonds. The number of fused-ring (bicyclic) bond motifs is 1. The van der Waals surface area contributed by atoms with Gasteiger partial charge < -0.3 is 14.6 Å². The van der Waals surface area contributed by atoms with E-state index in [2.05, 4.69) is 30.3 Å². The first-order chi connectivity index (χ1) is 12.8. The zero-order chi connectivity index (χ0) is 17.9. The van der Waals surface area contributed by atoms with E-state index in [4.69, 9.17) is 4.74 Å². The molecule has 0 radical (unpaired) electrons. The Bertz CT molecular complexity index is 885. The van der Waals surface area contributed by atoms with Crippen LogP contribution in [-0.4, -0.2) is 44.0 Å². The molecule has 9 heteroatoms. The van der Waals surface area contributed by atoms with Gasteiger partial charge in [-0.2, -0.15) is 5.10 Å². The van der Waals surface area contributed by atoms with Gasteiger partial charge in [-0.15, -0.1) is 21.5 Å². The number of ether oxygens (including phenoxy) is 1. The van der Waals surface area contributed by atoms with Crippen LogP contribution in [0.4, 0.5) is 0 Å². The molecule has 136 valence electrons. The van der Waals surface area contributed by atoms with Gasteiger partial charge in [-0.25, -0.2) is 0 Å². The van der Waals surface area contributed by atoms with Crippen molar-refractivity contribution in [3.8, 4) is 10.6 Å². The first-order valence-electron chi connectivity index (χ1n) is 8.54. The van der Waals surface area contributed by atoms with Crippen LogP contribution < -0.4 is 5.32 Å². The molecule has 0 spiro atoms. The molecule has 4 heterocycles. The Hall–Kier alpha value is -2.52. The average molecular weight is 372 g/mol. The van der Waals surface area contributed by atoms with Gasteiger partial charge in [0, 0.05) is 26.1 Å². The Morgan fingerprint density at radius 2 is 2.38 bits per heavy atom. The second kappa shape index (κ2) is 7.38. The van der Waals surface area contributed by atoms with Crippen molar-refractivity contribution < 1.29 is 9.53 Å². The highest BCUT2D eigenvalue weighted by Crippen LogP contribution is 2.26. The van der Waals surface area contributed by atoms with Crippen molar-refractivity contribution in [2.75, 3.05) is 7.11 Å². The van der Waals surface area contributed by atoms with E-state index in [0.29, 0.717) is 12.2 Å². The SMILES string of the molecule is COCc1nnc2n1CCC(NC(=O)c1cn[nH]c1-c1cccs1)CC2. The molecular weight excluding hydrogens is 352 g/mol. The molecule has 3 aromatic rings. The van der Waals surface area contributed by atoms with Crippen molar-refractivity contribution in [3.05, 3.63) is 40.9 Å². The van der Waals surface area contributed by atoms with Gasteiger partial charge in [-0.1, -0.05) is 6.07 Å². The van der Waals surface area contributed by atoms with Crippen molar-refractivity contribution >= 4 is 17.2 Å². The number of carbonyl (C=O) groups excluding carboxylic acids is 1. The zero-order valence-corrected chi connectivity index (χ0v) is 15.3. The summed E-state index contributed by atoms with van der Waals surface area (Å²) in [6.07, 6.45) is 4.04. The predicted molar refractivity (Wildman–Crippen MR) is 96.8 cm³/mol. The Morgan fingerprint density at radius 3 is 3.19 bits per heavy atom. The molecule has 26 heavy (non-hydrogen) atoms. The van der Waals surface area contributed by atoms with Crippen LogP contribution in [-0.2, 0) is 24.3 Å². The molecule has 3 aromatic heterocycles. The summed E-state index contributed by atoms with van der Waals surface area (Å²) in [6, 6.07) is 4.02. The first-order valence-corrected chi connectivity index (χ1v) is 9.42. The number of aromatic amines is 1. The van der Waals surface area contributed by atoms with Crippen LogP contribution in [0.25, 0.3) is 10.6 Å². The predicted octanol–water partition coefficient (Wildman–Crippen LogP) is 2.01. The monoisotopic (exact) mass is 372 g/mol. The first kappa shape index (κ1) is 16.9. The molecule has 1 atom stereocenters. The Labute approximate surface area is 154 Å². The number of methoxy groups -OCH3 is 1. The smallest absolute Gasteiger partial charge is 0.255 e. The molecule has 1 aliphatic rings. The molecular formula is C17H20N6O2S. The van der Waals surface area contributed by atoms with Crippen LogP contribution in [0.1, 0.15) is 34.8 Å². The number of nitrogens with one attached hydrogen (secondary N) is 2. The summed E-state index contributed by atoms with van der Waals surface area (Å²) in [6.45, 7) is 1.22. The number of H-pyrrole nitrogens is 1. The fraction of sp³-hybridized carbons (Fsp3) is 0.412. The van der Waals surface area contributed by atoms with Crippen LogP contribution in [0.3, 0.4) is 0 Å². The van der Waals surface area contributed by atoms with Crippen molar-refractivity contribution in [2.24, 2.45) is 0 Å². The zero-order valence-electron chi connectivity index (χ0n) is 14.4. The molecule has 0 saturated carbocycles. The van der Waals surface area contributed by atoms with Crippen LogP contribution in [0.15, 0.2) is 23.7 Å². The van der Waals surface area contributed by atoms with Crippen LogP contribution >= 0.6 is 11.3 Å². The molecule has 1 aliphatic heterocycles. The van der Waals surface area contributed by atoms with E-state index < -0.39 is 0 Å². The summed E-state index contributed by atoms with van der Waals surface area (Å²) in [7, 11) is 1.65. The van der Waals surface area contributed by atoms with E-state index >= 15 is 0 Å². The average Bonchev–Trinajstić information content (AvgIpc) is 3.36. The highest BCUT2D eigenvalue weighted by molar-refractivity contribution is 7.13. The number of thiophene rings is 1. The molecule has 0 aliphatic carbocycles. The van der Waals surface area contributed by atoms with Crippen molar-refractivity contribution in [2.45, 2.75) is 38.5 Å². The summed E-state index contributed by atoms with van der Waals surface area (Å²) in [5.74, 6) is 1.70. The molecule has 0 aromatic carbocycles. The lowest BCUT2D eigenvalue weighted by Gasteiger charge is -2.16. The molecule has 0 bridgehead atoms. The Morgan fingerprint density at radius 1 is 1.46 bits per heavy atom. The van der Waals surface area contributed by atoms with Crippen molar-refractivity contribution in [1.29, 1.82) is 0 Å². The lowest BCUT2D eigenvalue weighted by atomic mass is 10.1. The molecule has 4 rings (SSSR count). The standard InChI is InChI=1S/C17H20N6O2S/c1-25-10-15-21-20-14-5-4-11(6-7-23(14)15)19-17(24)12-9-18-22-16(12)13-3-2-8-26-13/h2-3,8-9,11H,4-7,10H2,1H3,(H,18,22)(H,19,24). The number of rotatable bonds is 5. The third-order valence-electron chi connectivity index (χ3n) is 4.58. The summed E-state index contributed by atoms with van der Waals surface area (Å²) >= 11 is 1.58. The van der Waals surface area contributed by atoms with Crippen LogP contribution in [0.2, 0.25) is 0 Å². The number of carbonyl (C=O) groups is 1. The minimum atomic E-state index is -0.0954. The lowest BCUT2D eigenvalue weighted by Crippen LogP contribution is -2.35. The van der Waals surface area contributed by atoms with E-state index in [0.717, 1.165) is 48.0 Å². The molecule has 8 nitrogen and oxygen atoms in total. The quantitative estimate of drug-likeness (QED) is 0.714. The topological polar surface area (TPSA) is 97.7 Å². The minimum Gasteiger partial charge on any atom is -0.377 e. The summed E-state index contributed by atoms with van der Waals surface area (Å²) < 4.78 is 7.28. The number of aromatic nitrogens is 5. The maximum atomic E-state index is 12.8. The molecule has 1 unspecified atom stereocenters. The third-order valence-corrected chi connectivity index (χ3v) is 5.47. The number of amides is 1. The Balaban J connectivity index is 1.44. The van der Waals surface area contributed by atoms with Gasteiger partial charge in [0.25, 0.3) is 5.91 Å². The molecule has 0 fully saturated rings. The lowest BCUT2D eigenvalue weighted by molar-refractivity contribution is 0.0933. The van der Waals surface area contributed by atoms with Gasteiger partial charge in [0.15, 0.2) is 5.82 Å². The third kappa shape index (κ3) is 3.27. The molecule has 0 saturated heterocycles. The van der Waals surface area contributed by atoms with Crippen LogP contribution in [0, 0.1) is 0 Å². The second-order valence-corrected chi connectivity index (χ2v) is 7.20. The maximum Gasteiger partial charge on any atom is 0.255 e. The number of hydrogen-bond donors (Lipinski definition) is 2. The fourth-order valence-electron chi connectivity index (χ4n) is 3.26. The van der Waals surface area contributed by atoms with Crippen molar-refractivity contribution in [3.63, 3.8) is 0 Å². The van der Waals surface area contributed by atoms with Gasteiger partial charge in [-0.05, 0) is 24.3 Å². The van der Waals surface area contributed by atoms with E-state index in [1.165, 1.54) is 0 Å². The fourth-order valence-corrected chi connectivity index (χ4v) is 3.99. The normalized spacial score (nSPS) is 16.9. The number of aryl methyl sites for hydroxylation is 1. The Kier molecular flexibility index (Phi) is 4.81. The number of hydrogen-bond acceptors (Lipinski definition) is 6. The van der Waals surface area contributed by atoms with E-state index in [1.54, 1.807) is 24.6 Å².